The van der Waals surface area contributed by atoms with Crippen molar-refractivity contribution in [1.82, 2.24) is 5.32 Å². The van der Waals surface area contributed by atoms with Gasteiger partial charge in [-0.1, -0.05) is 6.08 Å². The zero-order valence-corrected chi connectivity index (χ0v) is 11.8. The Kier molecular flexibility index (Phi) is 5.20. The molecular weight excluding hydrogens is 250 g/mol. The Balaban J connectivity index is 2.31. The summed E-state index contributed by atoms with van der Waals surface area (Å²) in [5, 5.41) is 2.69. The summed E-state index contributed by atoms with van der Waals surface area (Å²) in [6.45, 7) is 7.37. The number of rotatable bonds is 3. The number of carbonyl (C=O) groups is 2. The van der Waals surface area contributed by atoms with Gasteiger partial charge in [0.2, 0.25) is 0 Å². The van der Waals surface area contributed by atoms with Crippen molar-refractivity contribution < 1.29 is 23.8 Å². The zero-order chi connectivity index (χ0) is 14.5. The first-order valence-electron chi connectivity index (χ1n) is 6.31. The zero-order valence-electron chi connectivity index (χ0n) is 11.8. The van der Waals surface area contributed by atoms with Crippen molar-refractivity contribution in [1.29, 1.82) is 0 Å². The van der Waals surface area contributed by atoms with Crippen LogP contribution in [0.3, 0.4) is 0 Å². The molecule has 1 aliphatic carbocycles. The van der Waals surface area contributed by atoms with E-state index in [1.54, 1.807) is 39.8 Å². The van der Waals surface area contributed by atoms with Crippen LogP contribution in [0.5, 0.6) is 0 Å². The van der Waals surface area contributed by atoms with Gasteiger partial charge in [0, 0.05) is 6.42 Å². The van der Waals surface area contributed by atoms with Gasteiger partial charge in [0.15, 0.2) is 0 Å². The lowest BCUT2D eigenvalue weighted by Gasteiger charge is -2.21. The summed E-state index contributed by atoms with van der Waals surface area (Å²) in [5.74, 6) is 0. The van der Waals surface area contributed by atoms with Gasteiger partial charge in [-0.2, -0.15) is 0 Å². The summed E-state index contributed by atoms with van der Waals surface area (Å²) < 4.78 is 14.8. The van der Waals surface area contributed by atoms with Crippen molar-refractivity contribution in [2.45, 2.75) is 51.9 Å². The number of alkyl carbamates (subject to hydrolysis) is 1. The van der Waals surface area contributed by atoms with Crippen molar-refractivity contribution in [3.8, 4) is 0 Å². The van der Waals surface area contributed by atoms with E-state index in [0.717, 1.165) is 0 Å². The van der Waals surface area contributed by atoms with E-state index in [4.69, 9.17) is 9.47 Å². The molecule has 0 aliphatic heterocycles. The van der Waals surface area contributed by atoms with Crippen LogP contribution in [0.25, 0.3) is 0 Å². The minimum atomic E-state index is -0.699. The van der Waals surface area contributed by atoms with Crippen LogP contribution >= 0.6 is 0 Å². The normalized spacial score (nSPS) is 21.9. The summed E-state index contributed by atoms with van der Waals surface area (Å²) >= 11 is 0. The number of hydrogen-bond acceptors (Lipinski definition) is 5. The highest BCUT2D eigenvalue weighted by Gasteiger charge is 2.25. The second-order valence-electron chi connectivity index (χ2n) is 5.21. The molecule has 0 saturated carbocycles. The first kappa shape index (κ1) is 15.3. The molecule has 0 spiro atoms. The molecular formula is C13H21NO5. The minimum absolute atomic E-state index is 0.200. The molecule has 1 amide bonds. The Morgan fingerprint density at radius 1 is 1.32 bits per heavy atom. The predicted molar refractivity (Wildman–Crippen MR) is 68.8 cm³/mol. The molecule has 0 unspecified atom stereocenters. The second kappa shape index (κ2) is 6.45. The molecule has 0 aromatic carbocycles. The van der Waals surface area contributed by atoms with E-state index in [9.17, 15) is 9.59 Å². The van der Waals surface area contributed by atoms with Gasteiger partial charge >= 0.3 is 12.2 Å². The maximum Gasteiger partial charge on any atom is 0.508 e. The summed E-state index contributed by atoms with van der Waals surface area (Å²) in [6, 6.07) is -0.200. The topological polar surface area (TPSA) is 73.9 Å². The fourth-order valence-corrected chi connectivity index (χ4v) is 1.59. The lowest BCUT2D eigenvalue weighted by Crippen LogP contribution is -2.38. The lowest BCUT2D eigenvalue weighted by molar-refractivity contribution is 0.0376. The van der Waals surface area contributed by atoms with Crippen molar-refractivity contribution in [2.24, 2.45) is 0 Å². The second-order valence-corrected chi connectivity index (χ2v) is 5.21. The summed E-state index contributed by atoms with van der Waals surface area (Å²) in [7, 11) is 0. The van der Waals surface area contributed by atoms with Crippen LogP contribution in [0.2, 0.25) is 0 Å². The van der Waals surface area contributed by atoms with E-state index in [1.165, 1.54) is 0 Å². The van der Waals surface area contributed by atoms with Gasteiger partial charge in [-0.15, -0.1) is 0 Å². The molecule has 6 heteroatoms. The predicted octanol–water partition coefficient (Wildman–Crippen LogP) is 2.38. The Bertz CT molecular complexity index is 359. The molecule has 0 saturated heterocycles. The molecule has 1 N–H and O–H groups in total. The van der Waals surface area contributed by atoms with E-state index in [0.29, 0.717) is 6.42 Å². The molecule has 2 atom stereocenters. The number of ether oxygens (including phenoxy) is 3. The number of carbonyl (C=O) groups excluding carboxylic acids is 2. The first-order chi connectivity index (χ1) is 8.80. The maximum absolute atomic E-state index is 11.5. The molecule has 0 bridgehead atoms. The Hall–Kier alpha value is -1.72. The molecule has 19 heavy (non-hydrogen) atoms. The first-order valence-corrected chi connectivity index (χ1v) is 6.31. The van der Waals surface area contributed by atoms with Gasteiger partial charge in [0.1, 0.15) is 11.7 Å². The summed E-state index contributed by atoms with van der Waals surface area (Å²) in [6.07, 6.45) is 2.41. The van der Waals surface area contributed by atoms with Crippen LogP contribution in [-0.2, 0) is 14.2 Å². The third kappa shape index (κ3) is 6.13. The fraction of sp³-hybridized carbons (Fsp3) is 0.692. The highest BCUT2D eigenvalue weighted by molar-refractivity contribution is 5.68. The minimum Gasteiger partial charge on any atom is -0.444 e. The third-order valence-corrected chi connectivity index (χ3v) is 2.26. The van der Waals surface area contributed by atoms with E-state index >= 15 is 0 Å². The molecule has 0 aromatic heterocycles. The van der Waals surface area contributed by atoms with Crippen LogP contribution in [0.4, 0.5) is 9.59 Å². The van der Waals surface area contributed by atoms with Gasteiger partial charge in [-0.05, 0) is 33.8 Å². The summed E-state index contributed by atoms with van der Waals surface area (Å²) in [5.41, 5.74) is -0.534. The number of hydrogen-bond donors (Lipinski definition) is 1. The Morgan fingerprint density at radius 3 is 2.58 bits per heavy atom. The third-order valence-electron chi connectivity index (χ3n) is 2.26. The van der Waals surface area contributed by atoms with Crippen LogP contribution in [0.15, 0.2) is 12.2 Å². The van der Waals surface area contributed by atoms with Gasteiger partial charge in [-0.25, -0.2) is 9.59 Å². The van der Waals surface area contributed by atoms with E-state index in [1.807, 2.05) is 0 Å². The molecule has 0 radical (unpaired) electrons. The molecule has 6 nitrogen and oxygen atoms in total. The van der Waals surface area contributed by atoms with Gasteiger partial charge in [0.25, 0.3) is 0 Å². The van der Waals surface area contributed by atoms with Gasteiger partial charge < -0.3 is 19.5 Å². The van der Waals surface area contributed by atoms with Crippen LogP contribution in [0.1, 0.15) is 34.1 Å². The number of amides is 1. The van der Waals surface area contributed by atoms with Crippen molar-refractivity contribution >= 4 is 12.2 Å². The van der Waals surface area contributed by atoms with Crippen molar-refractivity contribution in [2.75, 3.05) is 6.61 Å². The van der Waals surface area contributed by atoms with Crippen molar-refractivity contribution in [3.05, 3.63) is 12.2 Å². The largest absolute Gasteiger partial charge is 0.508 e. The molecule has 0 heterocycles. The van der Waals surface area contributed by atoms with Crippen LogP contribution < -0.4 is 5.32 Å². The molecule has 0 aromatic rings. The average Bonchev–Trinajstić information content (AvgIpc) is 2.62. The quantitative estimate of drug-likeness (QED) is 0.630. The van der Waals surface area contributed by atoms with Crippen LogP contribution in [-0.4, -0.2) is 36.6 Å². The summed E-state index contributed by atoms with van der Waals surface area (Å²) in [4.78, 5) is 22.7. The average molecular weight is 271 g/mol. The molecule has 108 valence electrons. The smallest absolute Gasteiger partial charge is 0.444 e. The van der Waals surface area contributed by atoms with E-state index in [-0.39, 0.29) is 18.8 Å². The Morgan fingerprint density at radius 2 is 2.00 bits per heavy atom. The number of nitrogens with one attached hydrogen (secondary N) is 1. The highest BCUT2D eigenvalue weighted by Crippen LogP contribution is 2.16. The van der Waals surface area contributed by atoms with Crippen LogP contribution in [0, 0.1) is 0 Å². The van der Waals surface area contributed by atoms with Gasteiger partial charge in [-0.3, -0.25) is 0 Å². The lowest BCUT2D eigenvalue weighted by atomic mass is 10.2. The van der Waals surface area contributed by atoms with E-state index < -0.39 is 17.8 Å². The van der Waals surface area contributed by atoms with Gasteiger partial charge in [0.05, 0.1) is 12.6 Å². The molecule has 1 aliphatic rings. The Labute approximate surface area is 113 Å². The fourth-order valence-electron chi connectivity index (χ4n) is 1.59. The standard InChI is InChI=1S/C13H21NO5/c1-5-17-12(16)18-10-7-6-9(8-10)14-11(15)19-13(2,3)4/h6-7,9-10H,5,8H2,1-4H3,(H,14,15)/t9-,10+/m1/s1. The monoisotopic (exact) mass is 271 g/mol. The molecule has 0 fully saturated rings. The van der Waals surface area contributed by atoms with E-state index in [2.05, 4.69) is 10.1 Å². The maximum atomic E-state index is 11.5. The SMILES string of the molecule is CCOC(=O)O[C@H]1C=C[C@@H](NC(=O)OC(C)(C)C)C1. The molecule has 1 rings (SSSR count). The highest BCUT2D eigenvalue weighted by atomic mass is 16.7. The van der Waals surface area contributed by atoms with Crippen molar-refractivity contribution in [3.63, 3.8) is 0 Å².